The number of benzene rings is 1. The molecule has 0 radical (unpaired) electrons. The number of rotatable bonds is 3. The highest BCUT2D eigenvalue weighted by molar-refractivity contribution is 6.33. The van der Waals surface area contributed by atoms with Gasteiger partial charge in [-0.2, -0.15) is 4.98 Å². The Hall–Kier alpha value is -2.67. The van der Waals surface area contributed by atoms with Gasteiger partial charge in [0.1, 0.15) is 12.0 Å². The van der Waals surface area contributed by atoms with Gasteiger partial charge >= 0.3 is 0 Å². The highest BCUT2D eigenvalue weighted by Crippen LogP contribution is 2.32. The number of ether oxygens (including phenoxy) is 1. The van der Waals surface area contributed by atoms with Crippen molar-refractivity contribution in [2.45, 2.75) is 0 Å². The SMILES string of the molecule is COc1cc(-c2noc(-c3c(N)cccc3Cl)n2)ncn1. The molecule has 2 heterocycles. The summed E-state index contributed by atoms with van der Waals surface area (Å²) in [5.41, 5.74) is 7.32. The number of nitrogens with zero attached hydrogens (tertiary/aromatic N) is 4. The van der Waals surface area contributed by atoms with Crippen molar-refractivity contribution >= 4 is 17.3 Å². The highest BCUT2D eigenvalue weighted by Gasteiger charge is 2.17. The normalized spacial score (nSPS) is 10.6. The molecule has 2 aromatic heterocycles. The number of methoxy groups -OCH3 is 1. The van der Waals surface area contributed by atoms with Crippen LogP contribution in [-0.4, -0.2) is 27.2 Å². The molecule has 2 N–H and O–H groups in total. The number of hydrogen-bond donors (Lipinski definition) is 1. The third-order valence-corrected chi connectivity index (χ3v) is 3.08. The van der Waals surface area contributed by atoms with Crippen molar-refractivity contribution in [3.63, 3.8) is 0 Å². The van der Waals surface area contributed by atoms with Gasteiger partial charge in [0.15, 0.2) is 0 Å². The summed E-state index contributed by atoms with van der Waals surface area (Å²) in [6, 6.07) is 6.75. The second-order valence-corrected chi connectivity index (χ2v) is 4.48. The number of nitrogen functional groups attached to an aromatic ring is 1. The molecule has 21 heavy (non-hydrogen) atoms. The van der Waals surface area contributed by atoms with Crippen molar-refractivity contribution in [2.24, 2.45) is 0 Å². The van der Waals surface area contributed by atoms with Gasteiger partial charge in [-0.05, 0) is 12.1 Å². The van der Waals surface area contributed by atoms with E-state index in [1.165, 1.54) is 13.4 Å². The smallest absolute Gasteiger partial charge is 0.261 e. The first kappa shape index (κ1) is 13.3. The van der Waals surface area contributed by atoms with Crippen LogP contribution < -0.4 is 10.5 Å². The maximum Gasteiger partial charge on any atom is 0.261 e. The molecular weight excluding hydrogens is 294 g/mol. The number of hydrogen-bond acceptors (Lipinski definition) is 7. The molecule has 0 saturated carbocycles. The summed E-state index contributed by atoms with van der Waals surface area (Å²) in [6.45, 7) is 0. The van der Waals surface area contributed by atoms with Crippen molar-refractivity contribution in [1.82, 2.24) is 20.1 Å². The second kappa shape index (κ2) is 5.37. The summed E-state index contributed by atoms with van der Waals surface area (Å²) in [5.74, 6) is 0.930. The maximum absolute atomic E-state index is 6.11. The predicted octanol–water partition coefficient (Wildman–Crippen LogP) is 2.44. The minimum Gasteiger partial charge on any atom is -0.481 e. The van der Waals surface area contributed by atoms with E-state index in [-0.39, 0.29) is 5.89 Å². The number of nitrogens with two attached hydrogens (primary N) is 1. The van der Waals surface area contributed by atoms with Crippen LogP contribution in [0.25, 0.3) is 23.0 Å². The molecule has 0 atom stereocenters. The van der Waals surface area contributed by atoms with Gasteiger partial charge < -0.3 is 15.0 Å². The molecule has 0 fully saturated rings. The lowest BCUT2D eigenvalue weighted by molar-refractivity contribution is 0.397. The fourth-order valence-corrected chi connectivity index (χ4v) is 2.03. The van der Waals surface area contributed by atoms with Crippen LogP contribution in [0, 0.1) is 0 Å². The second-order valence-electron chi connectivity index (χ2n) is 4.07. The van der Waals surface area contributed by atoms with E-state index in [2.05, 4.69) is 20.1 Å². The minimum absolute atomic E-state index is 0.227. The molecular formula is C13H10ClN5O2. The summed E-state index contributed by atoms with van der Waals surface area (Å²) in [4.78, 5) is 12.2. The van der Waals surface area contributed by atoms with Crippen LogP contribution in [0.5, 0.6) is 5.88 Å². The summed E-state index contributed by atoms with van der Waals surface area (Å²) >= 11 is 6.11. The first-order chi connectivity index (χ1) is 10.2. The molecule has 0 aliphatic rings. The molecule has 0 spiro atoms. The fraction of sp³-hybridized carbons (Fsp3) is 0.0769. The van der Waals surface area contributed by atoms with E-state index in [9.17, 15) is 0 Å². The van der Waals surface area contributed by atoms with Crippen LogP contribution in [0.4, 0.5) is 5.69 Å². The lowest BCUT2D eigenvalue weighted by Gasteiger charge is -2.01. The zero-order valence-electron chi connectivity index (χ0n) is 10.9. The fourth-order valence-electron chi connectivity index (χ4n) is 1.77. The Labute approximate surface area is 124 Å². The van der Waals surface area contributed by atoms with Crippen LogP contribution in [0.2, 0.25) is 5.02 Å². The van der Waals surface area contributed by atoms with E-state index < -0.39 is 0 Å². The summed E-state index contributed by atoms with van der Waals surface area (Å²) in [6.07, 6.45) is 1.36. The van der Waals surface area contributed by atoms with E-state index in [1.54, 1.807) is 24.3 Å². The Bertz CT molecular complexity index is 769. The topological polar surface area (TPSA) is 100.0 Å². The van der Waals surface area contributed by atoms with E-state index >= 15 is 0 Å². The van der Waals surface area contributed by atoms with Crippen molar-refractivity contribution in [3.8, 4) is 28.9 Å². The van der Waals surface area contributed by atoms with Crippen LogP contribution >= 0.6 is 11.6 Å². The van der Waals surface area contributed by atoms with Crippen molar-refractivity contribution in [3.05, 3.63) is 35.6 Å². The monoisotopic (exact) mass is 303 g/mol. The van der Waals surface area contributed by atoms with Gasteiger partial charge in [0.05, 0.1) is 17.7 Å². The van der Waals surface area contributed by atoms with Gasteiger partial charge in [-0.3, -0.25) is 0 Å². The Morgan fingerprint density at radius 1 is 1.29 bits per heavy atom. The number of anilines is 1. The average molecular weight is 304 g/mol. The third kappa shape index (κ3) is 2.50. The molecule has 0 saturated heterocycles. The van der Waals surface area contributed by atoms with Gasteiger partial charge in [-0.1, -0.05) is 22.8 Å². The van der Waals surface area contributed by atoms with E-state index in [0.29, 0.717) is 33.7 Å². The van der Waals surface area contributed by atoms with Gasteiger partial charge in [0, 0.05) is 11.8 Å². The van der Waals surface area contributed by atoms with E-state index in [1.807, 2.05) is 0 Å². The Morgan fingerprint density at radius 2 is 2.14 bits per heavy atom. The zero-order chi connectivity index (χ0) is 14.8. The third-order valence-electron chi connectivity index (χ3n) is 2.77. The van der Waals surface area contributed by atoms with Crippen molar-refractivity contribution in [1.29, 1.82) is 0 Å². The predicted molar refractivity (Wildman–Crippen MR) is 76.7 cm³/mol. The highest BCUT2D eigenvalue weighted by atomic mass is 35.5. The molecule has 0 aliphatic heterocycles. The molecule has 106 valence electrons. The van der Waals surface area contributed by atoms with Crippen LogP contribution in [-0.2, 0) is 0 Å². The number of halogens is 1. The molecule has 0 unspecified atom stereocenters. The molecule has 3 rings (SSSR count). The van der Waals surface area contributed by atoms with Crippen LogP contribution in [0.15, 0.2) is 35.1 Å². The minimum atomic E-state index is 0.227. The van der Waals surface area contributed by atoms with Crippen LogP contribution in [0.1, 0.15) is 0 Å². The Kier molecular flexibility index (Phi) is 3.41. The zero-order valence-corrected chi connectivity index (χ0v) is 11.7. The first-order valence-corrected chi connectivity index (χ1v) is 6.31. The van der Waals surface area contributed by atoms with Crippen molar-refractivity contribution in [2.75, 3.05) is 12.8 Å². The lowest BCUT2D eigenvalue weighted by atomic mass is 10.2. The Balaban J connectivity index is 2.04. The standard InChI is InChI=1S/C13H10ClN5O2/c1-20-10-5-9(16-6-17-10)12-18-13(21-19-12)11-7(14)3-2-4-8(11)15/h2-6H,15H2,1H3. The summed E-state index contributed by atoms with van der Waals surface area (Å²) < 4.78 is 10.2. The van der Waals surface area contributed by atoms with E-state index in [4.69, 9.17) is 26.6 Å². The van der Waals surface area contributed by atoms with Crippen molar-refractivity contribution < 1.29 is 9.26 Å². The molecule has 3 aromatic rings. The summed E-state index contributed by atoms with van der Waals surface area (Å²) in [5, 5.41) is 4.31. The van der Waals surface area contributed by atoms with E-state index in [0.717, 1.165) is 0 Å². The molecule has 1 aromatic carbocycles. The molecule has 8 heteroatoms. The van der Waals surface area contributed by atoms with Gasteiger partial charge in [-0.25, -0.2) is 9.97 Å². The lowest BCUT2D eigenvalue weighted by Crippen LogP contribution is -1.93. The molecule has 7 nitrogen and oxygen atoms in total. The number of aromatic nitrogens is 4. The quantitative estimate of drug-likeness (QED) is 0.742. The van der Waals surface area contributed by atoms with Gasteiger partial charge in [-0.15, -0.1) is 0 Å². The molecule has 0 aliphatic carbocycles. The maximum atomic E-state index is 6.11. The molecule has 0 bridgehead atoms. The molecule has 0 amide bonds. The first-order valence-electron chi connectivity index (χ1n) is 5.93. The van der Waals surface area contributed by atoms with Gasteiger partial charge in [0.2, 0.25) is 11.7 Å². The average Bonchev–Trinajstić information content (AvgIpc) is 2.97. The van der Waals surface area contributed by atoms with Gasteiger partial charge in [0.25, 0.3) is 5.89 Å². The summed E-state index contributed by atoms with van der Waals surface area (Å²) in [7, 11) is 1.51. The Morgan fingerprint density at radius 3 is 2.90 bits per heavy atom. The largest absolute Gasteiger partial charge is 0.481 e. The van der Waals surface area contributed by atoms with Crippen LogP contribution in [0.3, 0.4) is 0 Å².